The van der Waals surface area contributed by atoms with Crippen LogP contribution in [0.5, 0.6) is 0 Å². The van der Waals surface area contributed by atoms with E-state index in [1.165, 1.54) is 6.92 Å². The van der Waals surface area contributed by atoms with Gasteiger partial charge in [0.15, 0.2) is 6.10 Å². The van der Waals surface area contributed by atoms with Gasteiger partial charge < -0.3 is 9.64 Å². The third kappa shape index (κ3) is 4.53. The maximum atomic E-state index is 12.5. The Labute approximate surface area is 159 Å². The van der Waals surface area contributed by atoms with E-state index < -0.39 is 30.4 Å². The Balaban J connectivity index is 2.04. The molecule has 3 amide bonds. The third-order valence-corrected chi connectivity index (χ3v) is 4.45. The summed E-state index contributed by atoms with van der Waals surface area (Å²) in [4.78, 5) is 52.0. The minimum Gasteiger partial charge on any atom is -0.451 e. The fourth-order valence-electron chi connectivity index (χ4n) is 3.29. The Morgan fingerprint density at radius 3 is 2.26 bits per heavy atom. The molecule has 0 fully saturated rings. The van der Waals surface area contributed by atoms with Crippen LogP contribution in [0.15, 0.2) is 24.3 Å². The summed E-state index contributed by atoms with van der Waals surface area (Å²) < 4.78 is 5.20. The molecule has 0 saturated carbocycles. The molecule has 1 aromatic carbocycles. The highest BCUT2D eigenvalue weighted by Crippen LogP contribution is 2.19. The predicted molar refractivity (Wildman–Crippen MR) is 98.9 cm³/mol. The summed E-state index contributed by atoms with van der Waals surface area (Å²) in [6.45, 7) is 8.52. The Morgan fingerprint density at radius 2 is 1.67 bits per heavy atom. The molecule has 0 spiro atoms. The van der Waals surface area contributed by atoms with E-state index in [9.17, 15) is 19.2 Å². The van der Waals surface area contributed by atoms with Crippen molar-refractivity contribution in [3.63, 3.8) is 0 Å². The normalized spacial score (nSPS) is 15.0. The van der Waals surface area contributed by atoms with E-state index >= 15 is 0 Å². The van der Waals surface area contributed by atoms with E-state index in [1.54, 1.807) is 29.2 Å². The average molecular weight is 374 g/mol. The quantitative estimate of drug-likeness (QED) is 0.560. The van der Waals surface area contributed by atoms with Crippen LogP contribution >= 0.6 is 0 Å². The van der Waals surface area contributed by atoms with Gasteiger partial charge in [0.25, 0.3) is 11.8 Å². The van der Waals surface area contributed by atoms with Crippen LogP contribution < -0.4 is 0 Å². The standard InChI is InChI=1S/C20H26N2O5/c1-12(2)22(13(3)4)19(25)14(5)27-18(24)11-21-17(23)10-15-8-6-7-9-16(15)20(21)26/h6-9,12-14H,10-11H2,1-5H3/t14-/m1/s1. The van der Waals surface area contributed by atoms with Crippen molar-refractivity contribution in [1.82, 2.24) is 9.80 Å². The Bertz CT molecular complexity index is 748. The van der Waals surface area contributed by atoms with E-state index in [1.807, 2.05) is 27.7 Å². The van der Waals surface area contributed by atoms with Crippen molar-refractivity contribution in [3.05, 3.63) is 35.4 Å². The fraction of sp³-hybridized carbons (Fsp3) is 0.500. The first-order chi connectivity index (χ1) is 12.6. The van der Waals surface area contributed by atoms with Crippen molar-refractivity contribution in [2.45, 2.75) is 59.2 Å². The van der Waals surface area contributed by atoms with E-state index in [2.05, 4.69) is 0 Å². The number of esters is 1. The Kier molecular flexibility index (Phi) is 6.36. The number of ether oxygens (including phenoxy) is 1. The number of carbonyl (C=O) groups excluding carboxylic acids is 4. The smallest absolute Gasteiger partial charge is 0.326 e. The zero-order valence-electron chi connectivity index (χ0n) is 16.4. The van der Waals surface area contributed by atoms with Crippen molar-refractivity contribution in [1.29, 1.82) is 0 Å². The molecular formula is C20H26N2O5. The Hall–Kier alpha value is -2.70. The number of imide groups is 1. The van der Waals surface area contributed by atoms with Crippen molar-refractivity contribution in [2.24, 2.45) is 0 Å². The maximum absolute atomic E-state index is 12.5. The zero-order chi connectivity index (χ0) is 20.3. The SMILES string of the molecule is CC(C)N(C(=O)[C@@H](C)OC(=O)CN1C(=O)Cc2ccccc2C1=O)C(C)C. The number of hydrogen-bond acceptors (Lipinski definition) is 5. The molecule has 1 aromatic rings. The number of carbonyl (C=O) groups is 4. The lowest BCUT2D eigenvalue weighted by atomic mass is 9.98. The van der Waals surface area contributed by atoms with Gasteiger partial charge >= 0.3 is 5.97 Å². The molecule has 1 aliphatic heterocycles. The minimum atomic E-state index is -0.996. The summed E-state index contributed by atoms with van der Waals surface area (Å²) in [6.07, 6.45) is -0.942. The first kappa shape index (κ1) is 20.6. The molecular weight excluding hydrogens is 348 g/mol. The lowest BCUT2D eigenvalue weighted by Gasteiger charge is -2.33. The fourth-order valence-corrected chi connectivity index (χ4v) is 3.29. The van der Waals surface area contributed by atoms with Gasteiger partial charge in [0.2, 0.25) is 5.91 Å². The van der Waals surface area contributed by atoms with Crippen LogP contribution in [0.2, 0.25) is 0 Å². The van der Waals surface area contributed by atoms with Gasteiger partial charge in [-0.05, 0) is 46.2 Å². The highest BCUT2D eigenvalue weighted by Gasteiger charge is 2.34. The van der Waals surface area contributed by atoms with E-state index in [0.29, 0.717) is 11.1 Å². The molecule has 0 unspecified atom stereocenters. The number of rotatable bonds is 6. The summed E-state index contributed by atoms with van der Waals surface area (Å²) in [5.74, 6) is -2.08. The lowest BCUT2D eigenvalue weighted by molar-refractivity contribution is -0.162. The molecule has 1 atom stereocenters. The second-order valence-corrected chi connectivity index (χ2v) is 7.18. The maximum Gasteiger partial charge on any atom is 0.326 e. The molecule has 146 valence electrons. The number of benzene rings is 1. The topological polar surface area (TPSA) is 84.0 Å². The van der Waals surface area contributed by atoms with Gasteiger partial charge in [-0.2, -0.15) is 0 Å². The Morgan fingerprint density at radius 1 is 1.07 bits per heavy atom. The zero-order valence-corrected chi connectivity index (χ0v) is 16.4. The van der Waals surface area contributed by atoms with Gasteiger partial charge in [-0.25, -0.2) is 0 Å². The van der Waals surface area contributed by atoms with E-state index in [0.717, 1.165) is 4.90 Å². The minimum absolute atomic E-state index is 0.0413. The molecule has 7 heteroatoms. The van der Waals surface area contributed by atoms with Gasteiger partial charge in [0.05, 0.1) is 6.42 Å². The number of nitrogens with zero attached hydrogens (tertiary/aromatic N) is 2. The summed E-state index contributed by atoms with van der Waals surface area (Å²) in [5.41, 5.74) is 1.05. The average Bonchev–Trinajstić information content (AvgIpc) is 2.57. The van der Waals surface area contributed by atoms with Crippen LogP contribution in [-0.2, 0) is 25.5 Å². The summed E-state index contributed by atoms with van der Waals surface area (Å²) in [6, 6.07) is 6.72. The molecule has 0 N–H and O–H groups in total. The van der Waals surface area contributed by atoms with Crippen LogP contribution in [0.4, 0.5) is 0 Å². The predicted octanol–water partition coefficient (Wildman–Crippen LogP) is 1.79. The molecule has 27 heavy (non-hydrogen) atoms. The number of hydrogen-bond donors (Lipinski definition) is 0. The molecule has 0 bridgehead atoms. The largest absolute Gasteiger partial charge is 0.451 e. The van der Waals surface area contributed by atoms with Gasteiger partial charge in [-0.1, -0.05) is 18.2 Å². The molecule has 0 aromatic heterocycles. The van der Waals surface area contributed by atoms with Gasteiger partial charge in [0, 0.05) is 17.6 Å². The van der Waals surface area contributed by atoms with Crippen LogP contribution in [-0.4, -0.2) is 58.2 Å². The second-order valence-electron chi connectivity index (χ2n) is 7.18. The third-order valence-electron chi connectivity index (χ3n) is 4.45. The van der Waals surface area contributed by atoms with Gasteiger partial charge in [-0.3, -0.25) is 24.1 Å². The lowest BCUT2D eigenvalue weighted by Crippen LogP contribution is -2.49. The molecule has 0 radical (unpaired) electrons. The molecule has 1 heterocycles. The van der Waals surface area contributed by atoms with Crippen LogP contribution in [0.3, 0.4) is 0 Å². The first-order valence-electron chi connectivity index (χ1n) is 9.07. The molecule has 7 nitrogen and oxygen atoms in total. The van der Waals surface area contributed by atoms with Crippen molar-refractivity contribution < 1.29 is 23.9 Å². The molecule has 2 rings (SSSR count). The van der Waals surface area contributed by atoms with Crippen LogP contribution in [0.1, 0.15) is 50.5 Å². The first-order valence-corrected chi connectivity index (χ1v) is 9.07. The number of fused-ring (bicyclic) bond motifs is 1. The summed E-state index contributed by atoms with van der Waals surface area (Å²) in [5, 5.41) is 0. The van der Waals surface area contributed by atoms with Crippen LogP contribution in [0, 0.1) is 0 Å². The summed E-state index contributed by atoms with van der Waals surface area (Å²) >= 11 is 0. The van der Waals surface area contributed by atoms with E-state index in [-0.39, 0.29) is 24.4 Å². The van der Waals surface area contributed by atoms with Crippen LogP contribution in [0.25, 0.3) is 0 Å². The second kappa shape index (κ2) is 8.33. The van der Waals surface area contributed by atoms with Crippen molar-refractivity contribution >= 4 is 23.7 Å². The van der Waals surface area contributed by atoms with E-state index in [4.69, 9.17) is 4.74 Å². The molecule has 0 aliphatic carbocycles. The van der Waals surface area contributed by atoms with Gasteiger partial charge in [-0.15, -0.1) is 0 Å². The molecule has 1 aliphatic rings. The van der Waals surface area contributed by atoms with Gasteiger partial charge in [0.1, 0.15) is 6.54 Å². The molecule has 0 saturated heterocycles. The highest BCUT2D eigenvalue weighted by molar-refractivity contribution is 6.11. The van der Waals surface area contributed by atoms with Crippen molar-refractivity contribution in [2.75, 3.05) is 6.54 Å². The highest BCUT2D eigenvalue weighted by atomic mass is 16.5. The monoisotopic (exact) mass is 374 g/mol. The number of amides is 3. The summed E-state index contributed by atoms with van der Waals surface area (Å²) in [7, 11) is 0. The van der Waals surface area contributed by atoms with Crippen molar-refractivity contribution in [3.8, 4) is 0 Å².